The van der Waals surface area contributed by atoms with Gasteiger partial charge in [-0.25, -0.2) is 0 Å². The van der Waals surface area contributed by atoms with Crippen LogP contribution in [0.15, 0.2) is 34.7 Å². The van der Waals surface area contributed by atoms with Crippen LogP contribution in [-0.2, 0) is 9.31 Å². The molecule has 0 saturated carbocycles. The second-order valence-corrected chi connectivity index (χ2v) is 9.41. The third-order valence-corrected chi connectivity index (χ3v) is 6.76. The Kier molecular flexibility index (Phi) is 3.92. The fourth-order valence-electron chi connectivity index (χ4n) is 4.38. The Bertz CT molecular complexity index is 1360. The monoisotopic (exact) mass is 432 g/mol. The summed E-state index contributed by atoms with van der Waals surface area (Å²) in [6, 6.07) is 10.1. The zero-order valence-corrected chi connectivity index (χ0v) is 18.5. The van der Waals surface area contributed by atoms with Gasteiger partial charge in [0.15, 0.2) is 5.58 Å². The molecule has 9 heteroatoms. The molecule has 164 valence electrons. The van der Waals surface area contributed by atoms with Crippen molar-refractivity contribution in [2.45, 2.75) is 38.9 Å². The number of nitrogens with zero attached hydrogens (tertiary/aromatic N) is 1. The van der Waals surface area contributed by atoms with Gasteiger partial charge in [-0.1, -0.05) is 0 Å². The summed E-state index contributed by atoms with van der Waals surface area (Å²) in [5, 5.41) is 4.53. The van der Waals surface area contributed by atoms with Gasteiger partial charge in [-0.15, -0.1) is 0 Å². The topological polar surface area (TPSA) is 108 Å². The van der Waals surface area contributed by atoms with Gasteiger partial charge in [-0.05, 0) is 63.5 Å². The van der Waals surface area contributed by atoms with Gasteiger partial charge in [0, 0.05) is 12.1 Å². The molecule has 0 bridgehead atoms. The maximum Gasteiger partial charge on any atom is 0.495 e. The van der Waals surface area contributed by atoms with Crippen molar-refractivity contribution < 1.29 is 18.5 Å². The molecule has 4 N–H and O–H groups in total. The summed E-state index contributed by atoms with van der Waals surface area (Å²) in [7, 11) is -0.467. The van der Waals surface area contributed by atoms with Gasteiger partial charge in [-0.2, -0.15) is 4.98 Å². The molecule has 1 fully saturated rings. The van der Waals surface area contributed by atoms with Gasteiger partial charge >= 0.3 is 7.12 Å². The van der Waals surface area contributed by atoms with E-state index < -0.39 is 18.3 Å². The molecule has 0 atom stereocenters. The van der Waals surface area contributed by atoms with Crippen LogP contribution in [0.25, 0.3) is 33.3 Å². The number of oxazole rings is 1. The van der Waals surface area contributed by atoms with Gasteiger partial charge in [0.1, 0.15) is 17.9 Å². The molecule has 8 nitrogen and oxygen atoms in total. The molecule has 1 saturated heterocycles. The number of aromatic amines is 1. The lowest BCUT2D eigenvalue weighted by Crippen LogP contribution is -2.41. The second kappa shape index (κ2) is 6.43. The molecule has 32 heavy (non-hydrogen) atoms. The van der Waals surface area contributed by atoms with Gasteiger partial charge in [0.05, 0.1) is 33.5 Å². The van der Waals surface area contributed by atoms with Crippen LogP contribution in [0, 0.1) is 0 Å². The molecule has 6 rings (SSSR count). The number of ether oxygens (including phenoxy) is 1. The maximum absolute atomic E-state index is 6.28. The number of nitrogens with one attached hydrogen (secondary N) is 2. The van der Waals surface area contributed by atoms with E-state index in [0.29, 0.717) is 24.3 Å². The number of hydrogen-bond acceptors (Lipinski definition) is 7. The normalized spacial score (nSPS) is 19.2. The molecule has 0 aliphatic carbocycles. The standard InChI is InChI=1S/C23H25BN4O4/c1-22(2)23(3,4)32-24(31-22)13-10-15-18-17(11-13)29-8-7-26-20(18)19(27-15)12-5-6-16-14(9-12)28-21(25)30-16/h5-6,9-11,26-27H,7-8H2,1-4H3,(H2,25,28). The van der Waals surface area contributed by atoms with Crippen molar-refractivity contribution >= 4 is 46.3 Å². The summed E-state index contributed by atoms with van der Waals surface area (Å²) >= 11 is 0. The molecule has 2 aromatic carbocycles. The third kappa shape index (κ3) is 2.81. The molecular formula is C23H25BN4O4. The molecule has 0 unspecified atom stereocenters. The van der Waals surface area contributed by atoms with E-state index in [0.717, 1.165) is 39.1 Å². The summed E-state index contributed by atoms with van der Waals surface area (Å²) < 4.78 is 24.1. The van der Waals surface area contributed by atoms with Gasteiger partial charge in [0.2, 0.25) is 0 Å². The first-order chi connectivity index (χ1) is 15.2. The largest absolute Gasteiger partial charge is 0.495 e. The lowest BCUT2D eigenvalue weighted by Gasteiger charge is -2.32. The van der Waals surface area contributed by atoms with Gasteiger partial charge in [-0.3, -0.25) is 0 Å². The molecule has 2 aromatic heterocycles. The van der Waals surface area contributed by atoms with E-state index >= 15 is 0 Å². The Morgan fingerprint density at radius 2 is 1.84 bits per heavy atom. The van der Waals surface area contributed by atoms with E-state index in [9.17, 15) is 0 Å². The zero-order valence-electron chi connectivity index (χ0n) is 18.5. The van der Waals surface area contributed by atoms with Crippen LogP contribution in [0.4, 0.5) is 11.7 Å². The Balaban J connectivity index is 1.50. The van der Waals surface area contributed by atoms with Crippen LogP contribution >= 0.6 is 0 Å². The average Bonchev–Trinajstić information content (AvgIpc) is 3.28. The number of aromatic nitrogens is 2. The summed E-state index contributed by atoms with van der Waals surface area (Å²) in [5.41, 5.74) is 11.1. The first-order valence-corrected chi connectivity index (χ1v) is 10.8. The summed E-state index contributed by atoms with van der Waals surface area (Å²) in [6.45, 7) is 9.48. The second-order valence-electron chi connectivity index (χ2n) is 9.41. The number of rotatable bonds is 2. The van der Waals surface area contributed by atoms with Crippen LogP contribution < -0.4 is 21.3 Å². The van der Waals surface area contributed by atoms with Crippen LogP contribution in [0.3, 0.4) is 0 Å². The van der Waals surface area contributed by atoms with E-state index in [1.807, 2.05) is 24.3 Å². The maximum atomic E-state index is 6.28. The number of hydrogen-bond donors (Lipinski definition) is 3. The van der Waals surface area contributed by atoms with Crippen molar-refractivity contribution in [3.8, 4) is 17.0 Å². The van der Waals surface area contributed by atoms with Crippen molar-refractivity contribution in [2.75, 3.05) is 24.2 Å². The van der Waals surface area contributed by atoms with Crippen LogP contribution in [0.2, 0.25) is 0 Å². The first kappa shape index (κ1) is 19.5. The van der Waals surface area contributed by atoms with E-state index in [1.165, 1.54) is 0 Å². The van der Waals surface area contributed by atoms with Crippen LogP contribution in [-0.4, -0.2) is 41.4 Å². The van der Waals surface area contributed by atoms with Crippen LogP contribution in [0.5, 0.6) is 5.75 Å². The van der Waals surface area contributed by atoms with E-state index in [4.69, 9.17) is 24.2 Å². The lowest BCUT2D eigenvalue weighted by molar-refractivity contribution is 0.00578. The highest BCUT2D eigenvalue weighted by Gasteiger charge is 2.52. The Morgan fingerprint density at radius 3 is 2.62 bits per heavy atom. The molecule has 4 aromatic rings. The minimum atomic E-state index is -0.467. The zero-order chi connectivity index (χ0) is 22.3. The molecular weight excluding hydrogens is 407 g/mol. The smallest absolute Gasteiger partial charge is 0.491 e. The van der Waals surface area contributed by atoms with Gasteiger partial charge < -0.3 is 34.5 Å². The molecule has 0 spiro atoms. The average molecular weight is 432 g/mol. The van der Waals surface area contributed by atoms with Crippen LogP contribution in [0.1, 0.15) is 27.7 Å². The molecule has 0 radical (unpaired) electrons. The van der Waals surface area contributed by atoms with Crippen molar-refractivity contribution in [1.29, 1.82) is 0 Å². The number of fused-ring (bicyclic) bond motifs is 1. The number of benzene rings is 2. The summed E-state index contributed by atoms with van der Waals surface area (Å²) in [5.74, 6) is 0.807. The summed E-state index contributed by atoms with van der Waals surface area (Å²) in [4.78, 5) is 7.84. The highest BCUT2D eigenvalue weighted by Crippen LogP contribution is 2.42. The Labute approximate surface area is 185 Å². The van der Waals surface area contributed by atoms with E-state index in [-0.39, 0.29) is 6.01 Å². The minimum Gasteiger partial charge on any atom is -0.491 e. The van der Waals surface area contributed by atoms with Crippen molar-refractivity contribution in [3.05, 3.63) is 30.3 Å². The Morgan fingerprint density at radius 1 is 1.06 bits per heavy atom. The number of H-pyrrole nitrogens is 1. The first-order valence-electron chi connectivity index (χ1n) is 10.8. The highest BCUT2D eigenvalue weighted by atomic mass is 16.7. The Hall–Kier alpha value is -3.17. The van der Waals surface area contributed by atoms with Gasteiger partial charge in [0.25, 0.3) is 6.01 Å². The van der Waals surface area contributed by atoms with Crippen molar-refractivity contribution in [1.82, 2.24) is 9.97 Å². The minimum absolute atomic E-state index is 0.160. The van der Waals surface area contributed by atoms with Crippen molar-refractivity contribution in [3.63, 3.8) is 0 Å². The molecule has 2 aliphatic heterocycles. The molecule has 4 heterocycles. The highest BCUT2D eigenvalue weighted by molar-refractivity contribution is 6.62. The van der Waals surface area contributed by atoms with E-state index in [2.05, 4.69) is 49.0 Å². The van der Waals surface area contributed by atoms with Crippen molar-refractivity contribution in [2.24, 2.45) is 0 Å². The molecule has 2 aliphatic rings. The fourth-order valence-corrected chi connectivity index (χ4v) is 4.38. The predicted octanol–water partition coefficient (Wildman–Crippen LogP) is 3.66. The number of anilines is 2. The quantitative estimate of drug-likeness (QED) is 0.415. The fraction of sp³-hybridized carbons (Fsp3) is 0.348. The predicted molar refractivity (Wildman–Crippen MR) is 125 cm³/mol. The number of nitrogen functional groups attached to an aromatic ring is 1. The summed E-state index contributed by atoms with van der Waals surface area (Å²) in [6.07, 6.45) is 0. The third-order valence-electron chi connectivity index (χ3n) is 6.76. The number of nitrogens with two attached hydrogens (primary N) is 1. The lowest BCUT2D eigenvalue weighted by atomic mass is 9.78. The SMILES string of the molecule is CC1(C)OB(c2cc3c4c(c(-c5ccc6oc(N)nc6c5)[nH]c4c2)NCCO3)OC1(C)C. The molecule has 0 amide bonds. The van der Waals surface area contributed by atoms with E-state index in [1.54, 1.807) is 0 Å².